The van der Waals surface area contributed by atoms with Crippen molar-refractivity contribution in [1.29, 1.82) is 0 Å². The van der Waals surface area contributed by atoms with Gasteiger partial charge in [-0.2, -0.15) is 4.98 Å². The number of hydrogen-bond donors (Lipinski definition) is 1. The number of ether oxygens (including phenoxy) is 1. The maximum Gasteiger partial charge on any atom is 0.252 e. The van der Waals surface area contributed by atoms with Crippen LogP contribution in [0.15, 0.2) is 73.1 Å². The lowest BCUT2D eigenvalue weighted by molar-refractivity contribution is -0.120. The van der Waals surface area contributed by atoms with Gasteiger partial charge in [0.2, 0.25) is 5.91 Å². The van der Waals surface area contributed by atoms with Gasteiger partial charge in [0.05, 0.1) is 6.42 Å². The number of carbonyl (C=O) groups is 1. The molecule has 0 bridgehead atoms. The summed E-state index contributed by atoms with van der Waals surface area (Å²) in [5, 5.41) is 7.13. The molecule has 140 valence electrons. The van der Waals surface area contributed by atoms with Crippen LogP contribution in [0.4, 0.5) is 0 Å². The molecule has 0 fully saturated rings. The van der Waals surface area contributed by atoms with Crippen molar-refractivity contribution >= 4 is 11.7 Å². The molecule has 0 aliphatic heterocycles. The number of nitrogens with zero attached hydrogens (tertiary/aromatic N) is 4. The minimum Gasteiger partial charge on any atom is -0.489 e. The number of carbonyl (C=O) groups excluding carboxylic acids is 1. The quantitative estimate of drug-likeness (QED) is 0.538. The van der Waals surface area contributed by atoms with Gasteiger partial charge in [-0.1, -0.05) is 42.5 Å². The van der Waals surface area contributed by atoms with E-state index in [1.54, 1.807) is 23.0 Å². The van der Waals surface area contributed by atoms with Gasteiger partial charge in [0.15, 0.2) is 5.82 Å². The van der Waals surface area contributed by atoms with E-state index >= 15 is 0 Å². The van der Waals surface area contributed by atoms with Crippen LogP contribution in [0.2, 0.25) is 0 Å². The summed E-state index contributed by atoms with van der Waals surface area (Å²) in [6.07, 6.45) is 3.49. The van der Waals surface area contributed by atoms with Crippen molar-refractivity contribution in [2.75, 3.05) is 0 Å². The maximum absolute atomic E-state index is 12.2. The van der Waals surface area contributed by atoms with Crippen LogP contribution in [0.5, 0.6) is 5.75 Å². The van der Waals surface area contributed by atoms with Gasteiger partial charge in [-0.25, -0.2) is 9.50 Å². The van der Waals surface area contributed by atoms with Crippen LogP contribution >= 0.6 is 0 Å². The number of hydrogen-bond acceptors (Lipinski definition) is 5. The van der Waals surface area contributed by atoms with Gasteiger partial charge in [0.25, 0.3) is 5.78 Å². The van der Waals surface area contributed by atoms with E-state index in [-0.39, 0.29) is 12.3 Å². The summed E-state index contributed by atoms with van der Waals surface area (Å²) in [4.78, 5) is 20.5. The Morgan fingerprint density at radius 3 is 2.75 bits per heavy atom. The molecule has 0 atom stereocenters. The van der Waals surface area contributed by atoms with Gasteiger partial charge in [0.1, 0.15) is 12.4 Å². The highest BCUT2D eigenvalue weighted by Gasteiger charge is 2.09. The van der Waals surface area contributed by atoms with Gasteiger partial charge in [-0.3, -0.25) is 4.79 Å². The fourth-order valence-corrected chi connectivity index (χ4v) is 2.74. The molecule has 0 radical (unpaired) electrons. The number of fused-ring (bicyclic) bond motifs is 1. The second kappa shape index (κ2) is 8.30. The van der Waals surface area contributed by atoms with Crippen molar-refractivity contribution < 1.29 is 9.53 Å². The van der Waals surface area contributed by atoms with Crippen molar-refractivity contribution in [3.8, 4) is 5.75 Å². The van der Waals surface area contributed by atoms with E-state index in [1.807, 2.05) is 54.6 Å². The summed E-state index contributed by atoms with van der Waals surface area (Å²) in [6, 6.07) is 19.4. The average Bonchev–Trinajstić information content (AvgIpc) is 3.14. The van der Waals surface area contributed by atoms with Crippen LogP contribution < -0.4 is 10.1 Å². The fraction of sp³-hybridized carbons (Fsp3) is 0.143. The monoisotopic (exact) mass is 373 g/mol. The van der Waals surface area contributed by atoms with E-state index in [4.69, 9.17) is 4.74 Å². The average molecular weight is 373 g/mol. The van der Waals surface area contributed by atoms with E-state index < -0.39 is 0 Å². The largest absolute Gasteiger partial charge is 0.489 e. The molecule has 1 N–H and O–H groups in total. The Morgan fingerprint density at radius 1 is 1.04 bits per heavy atom. The van der Waals surface area contributed by atoms with E-state index in [2.05, 4.69) is 20.4 Å². The van der Waals surface area contributed by atoms with Gasteiger partial charge in [0, 0.05) is 18.9 Å². The molecule has 7 nitrogen and oxygen atoms in total. The van der Waals surface area contributed by atoms with Crippen molar-refractivity contribution in [3.63, 3.8) is 0 Å². The highest BCUT2D eigenvalue weighted by atomic mass is 16.5. The van der Waals surface area contributed by atoms with Gasteiger partial charge < -0.3 is 10.1 Å². The number of aromatic nitrogens is 4. The molecule has 2 aromatic heterocycles. The maximum atomic E-state index is 12.2. The first-order chi connectivity index (χ1) is 13.8. The Morgan fingerprint density at radius 2 is 1.89 bits per heavy atom. The molecule has 2 heterocycles. The molecule has 4 aromatic rings. The zero-order chi connectivity index (χ0) is 19.2. The first-order valence-corrected chi connectivity index (χ1v) is 8.95. The third kappa shape index (κ3) is 4.50. The molecule has 2 aromatic carbocycles. The third-order valence-corrected chi connectivity index (χ3v) is 4.12. The molecule has 0 spiro atoms. The van der Waals surface area contributed by atoms with Crippen LogP contribution in [0.1, 0.15) is 17.0 Å². The first-order valence-electron chi connectivity index (χ1n) is 8.95. The SMILES string of the molecule is O=C(Cc1nc2ncccn2n1)NCc1cccc(OCc2ccccc2)c1. The molecule has 0 saturated heterocycles. The van der Waals surface area contributed by atoms with E-state index in [1.165, 1.54) is 0 Å². The van der Waals surface area contributed by atoms with E-state index in [9.17, 15) is 4.79 Å². The molecule has 1 amide bonds. The molecule has 28 heavy (non-hydrogen) atoms. The Bertz CT molecular complexity index is 1050. The molecule has 0 aliphatic rings. The van der Waals surface area contributed by atoms with E-state index in [0.29, 0.717) is 24.8 Å². The highest BCUT2D eigenvalue weighted by molar-refractivity contribution is 5.77. The minimum atomic E-state index is -0.147. The van der Waals surface area contributed by atoms with Crippen LogP contribution in [-0.4, -0.2) is 25.5 Å². The molecule has 7 heteroatoms. The van der Waals surface area contributed by atoms with Gasteiger partial charge in [-0.15, -0.1) is 5.10 Å². The summed E-state index contributed by atoms with van der Waals surface area (Å²) in [5.41, 5.74) is 2.07. The molecule has 0 saturated carbocycles. The van der Waals surface area contributed by atoms with Gasteiger partial charge in [-0.05, 0) is 29.3 Å². The van der Waals surface area contributed by atoms with Crippen molar-refractivity contribution in [3.05, 3.63) is 90.0 Å². The lowest BCUT2D eigenvalue weighted by Gasteiger charge is -2.09. The Hall–Kier alpha value is -3.74. The van der Waals surface area contributed by atoms with Crippen LogP contribution in [0.25, 0.3) is 5.78 Å². The Labute approximate surface area is 162 Å². The second-order valence-corrected chi connectivity index (χ2v) is 6.27. The predicted molar refractivity (Wildman–Crippen MR) is 104 cm³/mol. The number of rotatable bonds is 7. The summed E-state index contributed by atoms with van der Waals surface area (Å²) >= 11 is 0. The first kappa shape index (κ1) is 17.7. The summed E-state index contributed by atoms with van der Waals surface area (Å²) in [7, 11) is 0. The summed E-state index contributed by atoms with van der Waals surface area (Å²) in [5.74, 6) is 1.54. The number of amides is 1. The molecule has 4 rings (SSSR count). The minimum absolute atomic E-state index is 0.105. The number of nitrogens with one attached hydrogen (secondary N) is 1. The molecule has 0 aliphatic carbocycles. The van der Waals surface area contributed by atoms with Crippen LogP contribution in [-0.2, 0) is 24.4 Å². The van der Waals surface area contributed by atoms with Crippen molar-refractivity contribution in [2.24, 2.45) is 0 Å². The smallest absolute Gasteiger partial charge is 0.252 e. The zero-order valence-corrected chi connectivity index (χ0v) is 15.2. The normalized spacial score (nSPS) is 10.7. The Kier molecular flexibility index (Phi) is 5.24. The molecular formula is C21H19N5O2. The summed E-state index contributed by atoms with van der Waals surface area (Å²) < 4.78 is 7.38. The fourth-order valence-electron chi connectivity index (χ4n) is 2.74. The topological polar surface area (TPSA) is 81.4 Å². The second-order valence-electron chi connectivity index (χ2n) is 6.27. The van der Waals surface area contributed by atoms with Crippen LogP contribution in [0, 0.1) is 0 Å². The predicted octanol–water partition coefficient (Wildman–Crippen LogP) is 2.56. The third-order valence-electron chi connectivity index (χ3n) is 4.12. The van der Waals surface area contributed by atoms with Crippen LogP contribution in [0.3, 0.4) is 0 Å². The molecule has 0 unspecified atom stereocenters. The standard InChI is InChI=1S/C21H19N5O2/c27-20(13-19-24-21-22-10-5-11-26(21)25-19)23-14-17-8-4-9-18(12-17)28-15-16-6-2-1-3-7-16/h1-12H,13-15H2,(H,23,27). The lowest BCUT2D eigenvalue weighted by atomic mass is 10.2. The Balaban J connectivity index is 1.31. The van der Waals surface area contributed by atoms with Crippen molar-refractivity contribution in [1.82, 2.24) is 24.9 Å². The van der Waals surface area contributed by atoms with E-state index in [0.717, 1.165) is 16.9 Å². The van der Waals surface area contributed by atoms with Gasteiger partial charge >= 0.3 is 0 Å². The lowest BCUT2D eigenvalue weighted by Crippen LogP contribution is -2.25. The van der Waals surface area contributed by atoms with Crippen molar-refractivity contribution in [2.45, 2.75) is 19.6 Å². The zero-order valence-electron chi connectivity index (χ0n) is 15.2. The highest BCUT2D eigenvalue weighted by Crippen LogP contribution is 2.15. The summed E-state index contributed by atoms with van der Waals surface area (Å²) in [6.45, 7) is 0.914. The molecular weight excluding hydrogens is 354 g/mol. The number of benzene rings is 2.